The molecule has 0 atom stereocenters. The first kappa shape index (κ1) is 15.6. The molecule has 5 heteroatoms. The molecular weight excluding hydrogens is 304 g/mol. The molecular formula is C19H16N2O3. The zero-order valence-corrected chi connectivity index (χ0v) is 13.1. The molecule has 0 saturated carbocycles. The lowest BCUT2D eigenvalue weighted by molar-refractivity contribution is 0.0697. The van der Waals surface area contributed by atoms with Crippen LogP contribution < -0.4 is 4.74 Å². The van der Waals surface area contributed by atoms with Crippen LogP contribution in [0.1, 0.15) is 21.7 Å². The second kappa shape index (κ2) is 6.83. The first-order chi connectivity index (χ1) is 11.7. The van der Waals surface area contributed by atoms with Crippen LogP contribution in [0.2, 0.25) is 0 Å². The van der Waals surface area contributed by atoms with Gasteiger partial charge in [-0.25, -0.2) is 9.78 Å². The van der Waals surface area contributed by atoms with E-state index in [1.54, 1.807) is 37.6 Å². The average Bonchev–Trinajstić information content (AvgIpc) is 3.09. The molecule has 3 aromatic rings. The molecule has 0 radical (unpaired) electrons. The summed E-state index contributed by atoms with van der Waals surface area (Å²) in [6, 6.07) is 14.4. The molecule has 120 valence electrons. The number of carboxylic acid groups (broad SMARTS) is 1. The van der Waals surface area contributed by atoms with Crippen LogP contribution in [0.3, 0.4) is 0 Å². The van der Waals surface area contributed by atoms with Crippen LogP contribution in [0.5, 0.6) is 5.75 Å². The third kappa shape index (κ3) is 3.52. The highest BCUT2D eigenvalue weighted by atomic mass is 16.5. The van der Waals surface area contributed by atoms with Crippen molar-refractivity contribution < 1.29 is 14.6 Å². The zero-order chi connectivity index (χ0) is 16.9. The second-order valence-electron chi connectivity index (χ2n) is 5.17. The number of H-pyrrole nitrogens is 1. The molecule has 0 spiro atoms. The standard InChI is InChI=1S/C19H16N2O3/c1-24-16-9-2-13(3-10-16)4-11-18-20-12-17(21-18)14-5-7-15(8-6-14)19(22)23/h2-12H,1H3,(H,20,21)(H,22,23)/b11-4+. The average molecular weight is 320 g/mol. The van der Waals surface area contributed by atoms with Crippen LogP contribution in [-0.2, 0) is 0 Å². The van der Waals surface area contributed by atoms with E-state index >= 15 is 0 Å². The molecule has 0 aliphatic rings. The number of carboxylic acids is 1. The summed E-state index contributed by atoms with van der Waals surface area (Å²) in [5, 5.41) is 8.92. The Morgan fingerprint density at radius 1 is 1.08 bits per heavy atom. The van der Waals surface area contributed by atoms with Gasteiger partial charge in [-0.05, 0) is 41.5 Å². The molecule has 0 aliphatic heterocycles. The van der Waals surface area contributed by atoms with Gasteiger partial charge >= 0.3 is 5.97 Å². The predicted molar refractivity (Wildman–Crippen MR) is 92.9 cm³/mol. The van der Waals surface area contributed by atoms with Gasteiger partial charge < -0.3 is 14.8 Å². The van der Waals surface area contributed by atoms with Crippen molar-refractivity contribution in [2.45, 2.75) is 0 Å². The fraction of sp³-hybridized carbons (Fsp3) is 0.0526. The first-order valence-electron chi connectivity index (χ1n) is 7.36. The normalized spacial score (nSPS) is 10.9. The zero-order valence-electron chi connectivity index (χ0n) is 13.1. The van der Waals surface area contributed by atoms with Crippen molar-refractivity contribution in [2.75, 3.05) is 7.11 Å². The van der Waals surface area contributed by atoms with Crippen molar-refractivity contribution in [3.8, 4) is 17.0 Å². The van der Waals surface area contributed by atoms with Crippen LogP contribution in [-0.4, -0.2) is 28.2 Å². The topological polar surface area (TPSA) is 75.2 Å². The quantitative estimate of drug-likeness (QED) is 0.746. The summed E-state index contributed by atoms with van der Waals surface area (Å²) >= 11 is 0. The van der Waals surface area contributed by atoms with Crippen molar-refractivity contribution in [3.05, 3.63) is 71.7 Å². The fourth-order valence-electron chi connectivity index (χ4n) is 2.25. The number of benzene rings is 2. The Morgan fingerprint density at radius 2 is 1.79 bits per heavy atom. The Hall–Kier alpha value is -3.34. The third-order valence-electron chi connectivity index (χ3n) is 3.59. The Labute approximate surface area is 139 Å². The Balaban J connectivity index is 1.74. The summed E-state index contributed by atoms with van der Waals surface area (Å²) in [4.78, 5) is 18.4. The van der Waals surface area contributed by atoms with Crippen LogP contribution >= 0.6 is 0 Å². The summed E-state index contributed by atoms with van der Waals surface area (Å²) in [5.74, 6) is 0.606. The molecule has 1 heterocycles. The van der Waals surface area contributed by atoms with Crippen molar-refractivity contribution in [3.63, 3.8) is 0 Å². The van der Waals surface area contributed by atoms with E-state index in [1.807, 2.05) is 36.4 Å². The van der Waals surface area contributed by atoms with E-state index in [2.05, 4.69) is 9.97 Å². The number of methoxy groups -OCH3 is 1. The van der Waals surface area contributed by atoms with E-state index in [0.717, 1.165) is 28.4 Å². The number of aromatic carboxylic acids is 1. The number of nitrogens with zero attached hydrogens (tertiary/aromatic N) is 1. The van der Waals surface area contributed by atoms with E-state index in [0.29, 0.717) is 0 Å². The molecule has 5 nitrogen and oxygen atoms in total. The SMILES string of the molecule is COc1ccc(/C=C/c2ncc(-c3ccc(C(=O)O)cc3)[nH]2)cc1. The van der Waals surface area contributed by atoms with Gasteiger partial charge in [0.05, 0.1) is 24.6 Å². The molecule has 2 N–H and O–H groups in total. The molecule has 0 bridgehead atoms. The van der Waals surface area contributed by atoms with Gasteiger partial charge in [0, 0.05) is 0 Å². The van der Waals surface area contributed by atoms with Crippen molar-refractivity contribution >= 4 is 18.1 Å². The van der Waals surface area contributed by atoms with Crippen LogP contribution in [0.15, 0.2) is 54.7 Å². The molecule has 24 heavy (non-hydrogen) atoms. The number of imidazole rings is 1. The number of rotatable bonds is 5. The first-order valence-corrected chi connectivity index (χ1v) is 7.36. The Bertz CT molecular complexity index is 862. The number of ether oxygens (including phenoxy) is 1. The number of carbonyl (C=O) groups is 1. The molecule has 0 fully saturated rings. The van der Waals surface area contributed by atoms with Crippen molar-refractivity contribution in [1.29, 1.82) is 0 Å². The summed E-state index contributed by atoms with van der Waals surface area (Å²) in [6.45, 7) is 0. The van der Waals surface area contributed by atoms with Gasteiger partial charge in [-0.1, -0.05) is 30.3 Å². The van der Waals surface area contributed by atoms with Gasteiger partial charge in [-0.2, -0.15) is 0 Å². The van der Waals surface area contributed by atoms with E-state index in [-0.39, 0.29) is 5.56 Å². The van der Waals surface area contributed by atoms with E-state index in [9.17, 15) is 4.79 Å². The molecule has 0 saturated heterocycles. The number of nitrogens with one attached hydrogen (secondary N) is 1. The molecule has 0 aliphatic carbocycles. The summed E-state index contributed by atoms with van der Waals surface area (Å²) in [6.07, 6.45) is 5.57. The number of hydrogen-bond acceptors (Lipinski definition) is 3. The largest absolute Gasteiger partial charge is 0.497 e. The van der Waals surface area contributed by atoms with Crippen LogP contribution in [0, 0.1) is 0 Å². The molecule has 3 rings (SSSR count). The maximum Gasteiger partial charge on any atom is 0.335 e. The number of aromatic amines is 1. The van der Waals surface area contributed by atoms with Gasteiger partial charge in [0.1, 0.15) is 11.6 Å². The summed E-state index contributed by atoms with van der Waals surface area (Å²) in [5.41, 5.74) is 3.02. The minimum atomic E-state index is -0.936. The number of aromatic nitrogens is 2. The van der Waals surface area contributed by atoms with Gasteiger partial charge in [0.25, 0.3) is 0 Å². The molecule has 2 aromatic carbocycles. The maximum absolute atomic E-state index is 10.9. The van der Waals surface area contributed by atoms with E-state index in [1.165, 1.54) is 0 Å². The third-order valence-corrected chi connectivity index (χ3v) is 3.59. The number of hydrogen-bond donors (Lipinski definition) is 2. The van der Waals surface area contributed by atoms with Crippen molar-refractivity contribution in [2.24, 2.45) is 0 Å². The van der Waals surface area contributed by atoms with Gasteiger partial charge in [-0.15, -0.1) is 0 Å². The van der Waals surface area contributed by atoms with Gasteiger partial charge in [0.2, 0.25) is 0 Å². The van der Waals surface area contributed by atoms with E-state index < -0.39 is 5.97 Å². The van der Waals surface area contributed by atoms with Crippen LogP contribution in [0.25, 0.3) is 23.4 Å². The predicted octanol–water partition coefficient (Wildman–Crippen LogP) is 3.95. The molecule has 0 unspecified atom stereocenters. The summed E-state index contributed by atoms with van der Waals surface area (Å²) < 4.78 is 5.13. The molecule has 1 aromatic heterocycles. The second-order valence-corrected chi connectivity index (χ2v) is 5.17. The Morgan fingerprint density at radius 3 is 2.42 bits per heavy atom. The smallest absolute Gasteiger partial charge is 0.335 e. The highest BCUT2D eigenvalue weighted by Crippen LogP contribution is 2.19. The monoisotopic (exact) mass is 320 g/mol. The van der Waals surface area contributed by atoms with Crippen LogP contribution in [0.4, 0.5) is 0 Å². The molecule has 0 amide bonds. The minimum Gasteiger partial charge on any atom is -0.497 e. The van der Waals surface area contributed by atoms with Gasteiger partial charge in [0.15, 0.2) is 0 Å². The van der Waals surface area contributed by atoms with Crippen molar-refractivity contribution in [1.82, 2.24) is 9.97 Å². The Kier molecular flexibility index (Phi) is 4.43. The fourth-order valence-corrected chi connectivity index (χ4v) is 2.25. The maximum atomic E-state index is 10.9. The lowest BCUT2D eigenvalue weighted by Crippen LogP contribution is -1.94. The van der Waals surface area contributed by atoms with E-state index in [4.69, 9.17) is 9.84 Å². The lowest BCUT2D eigenvalue weighted by Gasteiger charge is -1.99. The minimum absolute atomic E-state index is 0.262. The highest BCUT2D eigenvalue weighted by molar-refractivity contribution is 5.88. The lowest BCUT2D eigenvalue weighted by atomic mass is 10.1. The van der Waals surface area contributed by atoms with Gasteiger partial charge in [-0.3, -0.25) is 0 Å². The summed E-state index contributed by atoms with van der Waals surface area (Å²) in [7, 11) is 1.64. The highest BCUT2D eigenvalue weighted by Gasteiger charge is 2.05.